The Morgan fingerprint density at radius 2 is 1.94 bits per heavy atom. The fourth-order valence-electron chi connectivity index (χ4n) is 2.96. The molecule has 0 aliphatic carbocycles. The van der Waals surface area contributed by atoms with Gasteiger partial charge in [-0.2, -0.15) is 0 Å². The highest BCUT2D eigenvalue weighted by Gasteiger charge is 2.37. The van der Waals surface area contributed by atoms with Crippen LogP contribution in [-0.2, 0) is 20.9 Å². The van der Waals surface area contributed by atoms with Gasteiger partial charge in [0.25, 0.3) is 11.1 Å². The maximum Gasteiger partial charge on any atom is 0.326 e. The summed E-state index contributed by atoms with van der Waals surface area (Å²) in [5.74, 6) is -0.426. The van der Waals surface area contributed by atoms with Crippen molar-refractivity contribution in [1.82, 2.24) is 4.90 Å². The summed E-state index contributed by atoms with van der Waals surface area (Å²) in [6, 6.07) is 10.2. The van der Waals surface area contributed by atoms with Gasteiger partial charge in [0.1, 0.15) is 13.2 Å². The van der Waals surface area contributed by atoms with Crippen LogP contribution in [0.25, 0.3) is 6.08 Å². The largest absolute Gasteiger partial charge is 0.493 e. The minimum atomic E-state index is -0.654. The maximum absolute atomic E-state index is 12.8. The summed E-state index contributed by atoms with van der Waals surface area (Å²) in [6.45, 7) is 3.05. The highest BCUT2D eigenvalue weighted by atomic mass is 35.5. The number of imide groups is 1. The first-order valence-electron chi connectivity index (χ1n) is 9.88. The van der Waals surface area contributed by atoms with Crippen LogP contribution < -0.4 is 9.47 Å². The Bertz CT molecular complexity index is 1120. The van der Waals surface area contributed by atoms with Crippen LogP contribution in [0.4, 0.5) is 4.79 Å². The Labute approximate surface area is 205 Å². The molecule has 1 fully saturated rings. The number of para-hydroxylation sites is 1. The van der Waals surface area contributed by atoms with Crippen molar-refractivity contribution >= 4 is 58.2 Å². The van der Waals surface area contributed by atoms with E-state index in [1.54, 1.807) is 50.2 Å². The molecule has 0 bridgehead atoms. The normalized spacial score (nSPS) is 14.8. The van der Waals surface area contributed by atoms with Crippen LogP contribution in [0.2, 0.25) is 10.0 Å². The summed E-state index contributed by atoms with van der Waals surface area (Å²) in [5, 5.41) is 0.411. The molecule has 3 rings (SSSR count). The average molecular weight is 510 g/mol. The second-order valence-corrected chi connectivity index (χ2v) is 9.05. The Morgan fingerprint density at radius 3 is 2.61 bits per heavy atom. The van der Waals surface area contributed by atoms with Gasteiger partial charge in [-0.1, -0.05) is 41.4 Å². The Morgan fingerprint density at radius 1 is 1.18 bits per heavy atom. The van der Waals surface area contributed by atoms with E-state index in [0.717, 1.165) is 16.7 Å². The predicted molar refractivity (Wildman–Crippen MR) is 128 cm³/mol. The molecule has 0 unspecified atom stereocenters. The molecule has 2 amide bonds. The van der Waals surface area contributed by atoms with Gasteiger partial charge in [-0.25, -0.2) is 0 Å². The van der Waals surface area contributed by atoms with Gasteiger partial charge >= 0.3 is 5.97 Å². The molecule has 0 aromatic heterocycles. The van der Waals surface area contributed by atoms with E-state index in [4.69, 9.17) is 37.4 Å². The van der Waals surface area contributed by atoms with Crippen molar-refractivity contribution in [2.24, 2.45) is 0 Å². The third-order valence-corrected chi connectivity index (χ3v) is 5.93. The number of carbonyl (C=O) groups excluding carboxylic acids is 3. The summed E-state index contributed by atoms with van der Waals surface area (Å²) in [7, 11) is 1.50. The van der Waals surface area contributed by atoms with Crippen LogP contribution in [0.15, 0.2) is 41.3 Å². The SMILES string of the molecule is COc1cccc(/C=C2/SC(=O)N(CC(=O)OC(C)C)C2=O)c1OCc1ccc(Cl)cc1Cl. The van der Waals surface area contributed by atoms with Gasteiger partial charge in [0.15, 0.2) is 11.5 Å². The molecular formula is C23H21Cl2NO6S. The Kier molecular flexibility index (Phi) is 8.29. The molecule has 0 spiro atoms. The molecule has 1 heterocycles. The zero-order valence-electron chi connectivity index (χ0n) is 18.1. The number of thioether (sulfide) groups is 1. The molecule has 10 heteroatoms. The van der Waals surface area contributed by atoms with E-state index >= 15 is 0 Å². The smallest absolute Gasteiger partial charge is 0.326 e. The average Bonchev–Trinajstić information content (AvgIpc) is 3.00. The van der Waals surface area contributed by atoms with Crippen LogP contribution in [0.3, 0.4) is 0 Å². The first kappa shape index (κ1) is 25.0. The van der Waals surface area contributed by atoms with Crippen LogP contribution in [0.5, 0.6) is 11.5 Å². The van der Waals surface area contributed by atoms with Gasteiger partial charge in [-0.15, -0.1) is 0 Å². The summed E-state index contributed by atoms with van der Waals surface area (Å²) in [5.41, 5.74) is 1.23. The van der Waals surface area contributed by atoms with Crippen LogP contribution in [-0.4, -0.2) is 41.8 Å². The Hall–Kier alpha value is -2.68. The van der Waals surface area contributed by atoms with Crippen molar-refractivity contribution in [2.75, 3.05) is 13.7 Å². The van der Waals surface area contributed by atoms with E-state index in [1.165, 1.54) is 13.2 Å². The third-order valence-electron chi connectivity index (χ3n) is 4.43. The maximum atomic E-state index is 12.8. The quantitative estimate of drug-likeness (QED) is 0.339. The number of nitrogens with zero attached hydrogens (tertiary/aromatic N) is 1. The van der Waals surface area contributed by atoms with Crippen LogP contribution in [0.1, 0.15) is 25.0 Å². The van der Waals surface area contributed by atoms with Crippen LogP contribution in [0, 0.1) is 0 Å². The summed E-state index contributed by atoms with van der Waals surface area (Å²) in [6.07, 6.45) is 1.18. The fraction of sp³-hybridized carbons (Fsp3) is 0.261. The van der Waals surface area contributed by atoms with E-state index in [9.17, 15) is 14.4 Å². The molecule has 33 heavy (non-hydrogen) atoms. The number of esters is 1. The highest BCUT2D eigenvalue weighted by molar-refractivity contribution is 8.18. The monoisotopic (exact) mass is 509 g/mol. The molecule has 7 nitrogen and oxygen atoms in total. The Balaban J connectivity index is 1.85. The van der Waals surface area contributed by atoms with Gasteiger partial charge in [0.05, 0.1) is 18.1 Å². The minimum Gasteiger partial charge on any atom is -0.493 e. The van der Waals surface area contributed by atoms with Crippen molar-refractivity contribution in [3.05, 3.63) is 62.5 Å². The molecule has 0 atom stereocenters. The van der Waals surface area contributed by atoms with E-state index in [1.807, 2.05) is 0 Å². The number of hydrogen-bond donors (Lipinski definition) is 0. The molecule has 174 valence electrons. The number of methoxy groups -OCH3 is 1. The van der Waals surface area contributed by atoms with Crippen molar-refractivity contribution in [1.29, 1.82) is 0 Å². The summed E-state index contributed by atoms with van der Waals surface area (Å²) < 4.78 is 16.4. The van der Waals surface area contributed by atoms with Gasteiger partial charge in [-0.05, 0) is 49.9 Å². The lowest BCUT2D eigenvalue weighted by molar-refractivity contribution is -0.149. The fourth-order valence-corrected chi connectivity index (χ4v) is 4.25. The number of carbonyl (C=O) groups is 3. The van der Waals surface area contributed by atoms with Crippen molar-refractivity contribution < 1.29 is 28.6 Å². The summed E-state index contributed by atoms with van der Waals surface area (Å²) in [4.78, 5) is 38.0. The van der Waals surface area contributed by atoms with Gasteiger partial charge in [0.2, 0.25) is 0 Å². The summed E-state index contributed by atoms with van der Waals surface area (Å²) >= 11 is 12.9. The number of rotatable bonds is 8. The van der Waals surface area contributed by atoms with Gasteiger partial charge in [0, 0.05) is 21.2 Å². The number of amides is 2. The number of hydrogen-bond acceptors (Lipinski definition) is 7. The number of halogens is 2. The molecular weight excluding hydrogens is 489 g/mol. The van der Waals surface area contributed by atoms with Crippen molar-refractivity contribution in [3.63, 3.8) is 0 Å². The highest BCUT2D eigenvalue weighted by Crippen LogP contribution is 2.38. The van der Waals surface area contributed by atoms with Crippen LogP contribution >= 0.6 is 35.0 Å². The molecule has 0 N–H and O–H groups in total. The first-order chi connectivity index (χ1) is 15.7. The lowest BCUT2D eigenvalue weighted by Gasteiger charge is -2.15. The topological polar surface area (TPSA) is 82.1 Å². The second-order valence-electron chi connectivity index (χ2n) is 7.21. The van der Waals surface area contributed by atoms with E-state index < -0.39 is 23.7 Å². The molecule has 2 aromatic carbocycles. The molecule has 1 aliphatic rings. The molecule has 1 aliphatic heterocycles. The zero-order chi connectivity index (χ0) is 24.1. The van der Waals surface area contributed by atoms with Crippen molar-refractivity contribution in [3.8, 4) is 11.5 Å². The molecule has 0 radical (unpaired) electrons. The second kappa shape index (κ2) is 11.0. The molecule has 0 saturated carbocycles. The van der Waals surface area contributed by atoms with Crippen molar-refractivity contribution in [2.45, 2.75) is 26.6 Å². The lowest BCUT2D eigenvalue weighted by atomic mass is 10.1. The predicted octanol–water partition coefficient (Wildman–Crippen LogP) is 5.57. The molecule has 2 aromatic rings. The van der Waals surface area contributed by atoms with E-state index in [0.29, 0.717) is 32.7 Å². The standard InChI is InChI=1S/C23H21Cl2NO6S/c1-13(2)32-20(27)11-26-22(28)19(33-23(26)29)9-14-5-4-6-18(30-3)21(14)31-12-15-7-8-16(24)10-17(15)25/h4-10,13H,11-12H2,1-3H3/b19-9+. The zero-order valence-corrected chi connectivity index (χ0v) is 20.4. The lowest BCUT2D eigenvalue weighted by Crippen LogP contribution is -2.35. The first-order valence-corrected chi connectivity index (χ1v) is 11.5. The van der Waals surface area contributed by atoms with E-state index in [2.05, 4.69) is 0 Å². The number of benzene rings is 2. The molecule has 1 saturated heterocycles. The van der Waals surface area contributed by atoms with Gasteiger partial charge < -0.3 is 14.2 Å². The number of ether oxygens (including phenoxy) is 3. The third kappa shape index (κ3) is 6.22. The van der Waals surface area contributed by atoms with E-state index in [-0.39, 0.29) is 17.6 Å². The minimum absolute atomic E-state index is 0.125. The van der Waals surface area contributed by atoms with Gasteiger partial charge in [-0.3, -0.25) is 19.3 Å².